The van der Waals surface area contributed by atoms with Crippen LogP contribution in [0, 0.1) is 5.82 Å². The number of carbonyl (C=O) groups excluding carboxylic acids is 2. The molecule has 0 unspecified atom stereocenters. The maximum atomic E-state index is 13.4. The van der Waals surface area contributed by atoms with Gasteiger partial charge in [0.05, 0.1) is 11.9 Å². The lowest BCUT2D eigenvalue weighted by Crippen LogP contribution is -2.49. The number of hydrogen-bond acceptors (Lipinski definition) is 4. The van der Waals surface area contributed by atoms with Crippen molar-refractivity contribution < 1.29 is 22.4 Å². The molecule has 2 aromatic rings. The fourth-order valence-electron chi connectivity index (χ4n) is 4.44. The zero-order valence-electron chi connectivity index (χ0n) is 20.9. The predicted octanol–water partition coefficient (Wildman–Crippen LogP) is 5.15. The van der Waals surface area contributed by atoms with Crippen LogP contribution in [0.1, 0.15) is 51.0 Å². The Balaban J connectivity index is 1.75. The van der Waals surface area contributed by atoms with Crippen molar-refractivity contribution in [3.05, 3.63) is 63.9 Å². The van der Waals surface area contributed by atoms with Gasteiger partial charge in [-0.25, -0.2) is 12.8 Å². The SMILES string of the molecule is C[C@H](C(=O)NC1CCCC1)N(Cc1c(Cl)cccc1Cl)C(=O)CCCN(c1ccc(F)cc1)S(C)(=O)=O. The molecule has 7 nitrogen and oxygen atoms in total. The van der Waals surface area contributed by atoms with Crippen LogP contribution in [0.25, 0.3) is 0 Å². The van der Waals surface area contributed by atoms with Crippen molar-refractivity contribution >= 4 is 50.7 Å². The topological polar surface area (TPSA) is 86.8 Å². The van der Waals surface area contributed by atoms with Crippen LogP contribution in [-0.4, -0.2) is 50.0 Å². The van der Waals surface area contributed by atoms with Crippen molar-refractivity contribution in [3.63, 3.8) is 0 Å². The van der Waals surface area contributed by atoms with E-state index in [4.69, 9.17) is 23.2 Å². The Morgan fingerprint density at radius 3 is 2.24 bits per heavy atom. The normalized spacial score (nSPS) is 14.8. The van der Waals surface area contributed by atoms with Gasteiger partial charge >= 0.3 is 0 Å². The van der Waals surface area contributed by atoms with Crippen molar-refractivity contribution in [1.82, 2.24) is 10.2 Å². The van der Waals surface area contributed by atoms with Gasteiger partial charge in [0.1, 0.15) is 11.9 Å². The first-order chi connectivity index (χ1) is 17.5. The maximum Gasteiger partial charge on any atom is 0.242 e. The molecule has 1 aliphatic carbocycles. The largest absolute Gasteiger partial charge is 0.352 e. The molecule has 3 rings (SSSR count). The van der Waals surface area contributed by atoms with E-state index < -0.39 is 21.9 Å². The molecule has 0 bridgehead atoms. The van der Waals surface area contributed by atoms with Crippen LogP contribution >= 0.6 is 23.2 Å². The number of nitrogens with zero attached hydrogens (tertiary/aromatic N) is 2. The monoisotopic (exact) mass is 571 g/mol. The van der Waals surface area contributed by atoms with Gasteiger partial charge in [-0.15, -0.1) is 0 Å². The Morgan fingerprint density at radius 2 is 1.68 bits per heavy atom. The molecule has 11 heteroatoms. The number of rotatable bonds is 11. The molecule has 2 aromatic carbocycles. The summed E-state index contributed by atoms with van der Waals surface area (Å²) in [5.41, 5.74) is 0.837. The zero-order chi connectivity index (χ0) is 27.2. The molecular formula is C26H32Cl2FN3O4S. The lowest BCUT2D eigenvalue weighted by Gasteiger charge is -2.30. The van der Waals surface area contributed by atoms with Gasteiger partial charge in [-0.3, -0.25) is 13.9 Å². The Labute approximate surface area is 228 Å². The van der Waals surface area contributed by atoms with Gasteiger partial charge in [0.15, 0.2) is 0 Å². The van der Waals surface area contributed by atoms with Crippen LogP contribution in [0.4, 0.5) is 10.1 Å². The summed E-state index contributed by atoms with van der Waals surface area (Å²) < 4.78 is 39.2. The van der Waals surface area contributed by atoms with Crippen LogP contribution in [0.2, 0.25) is 10.0 Å². The van der Waals surface area contributed by atoms with E-state index in [9.17, 15) is 22.4 Å². The highest BCUT2D eigenvalue weighted by atomic mass is 35.5. The Morgan fingerprint density at radius 1 is 1.08 bits per heavy atom. The molecule has 1 fully saturated rings. The predicted molar refractivity (Wildman–Crippen MR) is 145 cm³/mol. The van der Waals surface area contributed by atoms with E-state index in [1.807, 2.05) is 0 Å². The van der Waals surface area contributed by atoms with Gasteiger partial charge in [-0.1, -0.05) is 42.1 Å². The van der Waals surface area contributed by atoms with Gasteiger partial charge in [0, 0.05) is 41.2 Å². The van der Waals surface area contributed by atoms with Gasteiger partial charge in [-0.2, -0.15) is 0 Å². The van der Waals surface area contributed by atoms with Crippen molar-refractivity contribution in [2.75, 3.05) is 17.1 Å². The highest BCUT2D eigenvalue weighted by molar-refractivity contribution is 7.92. The molecule has 37 heavy (non-hydrogen) atoms. The number of amides is 2. The summed E-state index contributed by atoms with van der Waals surface area (Å²) >= 11 is 12.7. The first kappa shape index (κ1) is 29.2. The molecule has 0 aliphatic heterocycles. The minimum Gasteiger partial charge on any atom is -0.352 e. The number of sulfonamides is 1. The van der Waals surface area contributed by atoms with Gasteiger partial charge in [0.25, 0.3) is 0 Å². The van der Waals surface area contributed by atoms with E-state index in [1.165, 1.54) is 29.2 Å². The second-order valence-corrected chi connectivity index (χ2v) is 12.0. The highest BCUT2D eigenvalue weighted by Crippen LogP contribution is 2.27. The molecule has 202 valence electrons. The van der Waals surface area contributed by atoms with Gasteiger partial charge in [-0.05, 0) is 62.6 Å². The molecule has 1 N–H and O–H groups in total. The zero-order valence-corrected chi connectivity index (χ0v) is 23.3. The first-order valence-corrected chi connectivity index (χ1v) is 14.8. The van der Waals surface area contributed by atoms with Crippen molar-refractivity contribution in [2.45, 2.75) is 64.1 Å². The minimum absolute atomic E-state index is 0.0134. The number of nitrogens with one attached hydrogen (secondary N) is 1. The quantitative estimate of drug-likeness (QED) is 0.404. The van der Waals surface area contributed by atoms with E-state index in [2.05, 4.69) is 5.32 Å². The molecule has 1 saturated carbocycles. The van der Waals surface area contributed by atoms with Crippen LogP contribution in [0.5, 0.6) is 0 Å². The summed E-state index contributed by atoms with van der Waals surface area (Å²) in [6.45, 7) is 1.71. The second-order valence-electron chi connectivity index (χ2n) is 9.30. The summed E-state index contributed by atoms with van der Waals surface area (Å²) in [7, 11) is -3.67. The Hall–Kier alpha value is -2.36. The number of hydrogen-bond donors (Lipinski definition) is 1. The number of benzene rings is 2. The molecule has 1 atom stereocenters. The molecule has 0 aromatic heterocycles. The van der Waals surface area contributed by atoms with E-state index in [0.717, 1.165) is 36.2 Å². The Kier molecular flexibility index (Phi) is 10.2. The molecule has 2 amide bonds. The van der Waals surface area contributed by atoms with Crippen molar-refractivity contribution in [3.8, 4) is 0 Å². The summed E-state index contributed by atoms with van der Waals surface area (Å²) in [6, 6.07) is 9.45. The first-order valence-electron chi connectivity index (χ1n) is 12.2. The minimum atomic E-state index is -3.67. The lowest BCUT2D eigenvalue weighted by molar-refractivity contribution is -0.140. The van der Waals surface area contributed by atoms with Crippen LogP contribution in [0.3, 0.4) is 0 Å². The standard InChI is InChI=1S/C26H32Cl2FN3O4S/c1-18(26(34)30-20-7-3-4-8-20)31(17-22-23(27)9-5-10-24(22)28)25(33)11-6-16-32(37(2,35)36)21-14-12-19(29)13-15-21/h5,9-10,12-15,18,20H,3-4,6-8,11,16-17H2,1-2H3,(H,30,34)/t18-/m1/s1. The Bertz CT molecular complexity index is 1180. The molecule has 0 saturated heterocycles. The smallest absolute Gasteiger partial charge is 0.242 e. The second kappa shape index (κ2) is 12.9. The van der Waals surface area contributed by atoms with Crippen LogP contribution in [0.15, 0.2) is 42.5 Å². The van der Waals surface area contributed by atoms with Crippen molar-refractivity contribution in [1.29, 1.82) is 0 Å². The third-order valence-corrected chi connectivity index (χ3v) is 8.43. The van der Waals surface area contributed by atoms with Gasteiger partial charge < -0.3 is 10.2 Å². The highest BCUT2D eigenvalue weighted by Gasteiger charge is 2.29. The van der Waals surface area contributed by atoms with Crippen LogP contribution in [-0.2, 0) is 26.2 Å². The molecule has 0 spiro atoms. The lowest BCUT2D eigenvalue weighted by atomic mass is 10.1. The fourth-order valence-corrected chi connectivity index (χ4v) is 5.92. The maximum absolute atomic E-state index is 13.4. The average Bonchev–Trinajstić information content (AvgIpc) is 3.34. The summed E-state index contributed by atoms with van der Waals surface area (Å²) in [4.78, 5) is 27.9. The third kappa shape index (κ3) is 8.06. The number of halogens is 3. The third-order valence-electron chi connectivity index (χ3n) is 6.53. The summed E-state index contributed by atoms with van der Waals surface area (Å²) in [6.07, 6.45) is 5.16. The molecular weight excluding hydrogens is 540 g/mol. The molecule has 0 radical (unpaired) electrons. The number of anilines is 1. The fraction of sp³-hybridized carbons (Fsp3) is 0.462. The summed E-state index contributed by atoms with van der Waals surface area (Å²) in [5, 5.41) is 3.80. The van der Waals surface area contributed by atoms with Crippen molar-refractivity contribution in [2.24, 2.45) is 0 Å². The van der Waals surface area contributed by atoms with Crippen LogP contribution < -0.4 is 9.62 Å². The van der Waals surface area contributed by atoms with E-state index in [1.54, 1.807) is 25.1 Å². The van der Waals surface area contributed by atoms with E-state index in [0.29, 0.717) is 21.3 Å². The number of carbonyl (C=O) groups is 2. The molecule has 1 aliphatic rings. The average molecular weight is 573 g/mol. The van der Waals surface area contributed by atoms with E-state index in [-0.39, 0.29) is 43.8 Å². The van der Waals surface area contributed by atoms with Gasteiger partial charge in [0.2, 0.25) is 21.8 Å². The van der Waals surface area contributed by atoms with E-state index >= 15 is 0 Å². The summed E-state index contributed by atoms with van der Waals surface area (Å²) in [5.74, 6) is -1.07. The molecule has 0 heterocycles.